The van der Waals surface area contributed by atoms with Gasteiger partial charge in [0.2, 0.25) is 5.13 Å². The molecule has 0 fully saturated rings. The quantitative estimate of drug-likeness (QED) is 0.485. The predicted molar refractivity (Wildman–Crippen MR) is 111 cm³/mol. The SMILES string of the molecule is CCOc1ccc(-n2nnc(-c3nsc(Nc4cccc(Cl)c4)n3)c2C)cc1. The molecule has 2 aromatic heterocycles. The Kier molecular flexibility index (Phi) is 5.23. The summed E-state index contributed by atoms with van der Waals surface area (Å²) >= 11 is 7.28. The Balaban J connectivity index is 1.56. The van der Waals surface area contributed by atoms with Gasteiger partial charge in [-0.1, -0.05) is 22.9 Å². The van der Waals surface area contributed by atoms with Gasteiger partial charge in [0.1, 0.15) is 5.75 Å². The number of halogens is 1. The molecule has 9 heteroatoms. The number of aromatic nitrogens is 5. The van der Waals surface area contributed by atoms with Crippen LogP contribution in [0.25, 0.3) is 17.2 Å². The number of hydrogen-bond acceptors (Lipinski definition) is 7. The fourth-order valence-corrected chi connectivity index (χ4v) is 3.47. The summed E-state index contributed by atoms with van der Waals surface area (Å²) < 4.78 is 11.7. The molecule has 1 N–H and O–H groups in total. The van der Waals surface area contributed by atoms with Crippen LogP contribution in [0, 0.1) is 6.92 Å². The van der Waals surface area contributed by atoms with Crippen LogP contribution in [0.2, 0.25) is 5.02 Å². The van der Waals surface area contributed by atoms with Gasteiger partial charge in [-0.05, 0) is 56.3 Å². The van der Waals surface area contributed by atoms with E-state index in [0.717, 1.165) is 22.8 Å². The molecule has 0 radical (unpaired) electrons. The topological polar surface area (TPSA) is 77.8 Å². The van der Waals surface area contributed by atoms with Gasteiger partial charge in [-0.3, -0.25) is 0 Å². The third-order valence-corrected chi connectivity index (χ3v) is 4.87. The lowest BCUT2D eigenvalue weighted by Gasteiger charge is -2.06. The maximum Gasteiger partial charge on any atom is 0.207 e. The Morgan fingerprint density at radius 3 is 2.75 bits per heavy atom. The molecule has 0 unspecified atom stereocenters. The molecule has 0 spiro atoms. The molecule has 4 aromatic rings. The van der Waals surface area contributed by atoms with Crippen LogP contribution < -0.4 is 10.1 Å². The molecule has 0 aliphatic carbocycles. The summed E-state index contributed by atoms with van der Waals surface area (Å²) in [5.74, 6) is 1.35. The van der Waals surface area contributed by atoms with Crippen LogP contribution in [-0.2, 0) is 0 Å². The van der Waals surface area contributed by atoms with Crippen molar-refractivity contribution in [3.05, 3.63) is 59.2 Å². The van der Waals surface area contributed by atoms with Crippen molar-refractivity contribution in [1.82, 2.24) is 24.4 Å². The second kappa shape index (κ2) is 7.95. The van der Waals surface area contributed by atoms with Crippen LogP contribution in [0.15, 0.2) is 48.5 Å². The van der Waals surface area contributed by atoms with Gasteiger partial charge in [0.05, 0.1) is 18.0 Å². The average molecular weight is 413 g/mol. The fourth-order valence-electron chi connectivity index (χ4n) is 2.69. The smallest absolute Gasteiger partial charge is 0.207 e. The molecular weight excluding hydrogens is 396 g/mol. The molecule has 2 heterocycles. The fraction of sp³-hybridized carbons (Fsp3) is 0.158. The lowest BCUT2D eigenvalue weighted by atomic mass is 10.2. The van der Waals surface area contributed by atoms with Crippen LogP contribution in [0.1, 0.15) is 12.6 Å². The van der Waals surface area contributed by atoms with Crippen molar-refractivity contribution in [2.45, 2.75) is 13.8 Å². The van der Waals surface area contributed by atoms with E-state index in [9.17, 15) is 0 Å². The first-order chi connectivity index (χ1) is 13.6. The number of nitrogens with one attached hydrogen (secondary N) is 1. The number of ether oxygens (including phenoxy) is 1. The zero-order chi connectivity index (χ0) is 19.5. The number of rotatable bonds is 6. The number of anilines is 2. The molecule has 2 aromatic carbocycles. The molecule has 4 rings (SSSR count). The van der Waals surface area contributed by atoms with Gasteiger partial charge >= 0.3 is 0 Å². The van der Waals surface area contributed by atoms with Gasteiger partial charge in [0, 0.05) is 22.2 Å². The molecule has 0 aliphatic heterocycles. The Labute approximate surface area is 171 Å². The normalized spacial score (nSPS) is 10.8. The van der Waals surface area contributed by atoms with Crippen molar-refractivity contribution in [3.63, 3.8) is 0 Å². The highest BCUT2D eigenvalue weighted by Crippen LogP contribution is 2.27. The van der Waals surface area contributed by atoms with E-state index in [0.29, 0.717) is 28.3 Å². The van der Waals surface area contributed by atoms with E-state index in [-0.39, 0.29) is 0 Å². The molecule has 0 bridgehead atoms. The summed E-state index contributed by atoms with van der Waals surface area (Å²) in [5.41, 5.74) is 3.25. The minimum atomic E-state index is 0.532. The van der Waals surface area contributed by atoms with E-state index in [2.05, 4.69) is 25.0 Å². The Morgan fingerprint density at radius 2 is 2.00 bits per heavy atom. The highest BCUT2D eigenvalue weighted by Gasteiger charge is 2.17. The first-order valence-electron chi connectivity index (χ1n) is 8.66. The van der Waals surface area contributed by atoms with Crippen LogP contribution in [0.5, 0.6) is 5.75 Å². The Bertz CT molecular complexity index is 1090. The molecule has 0 aliphatic rings. The van der Waals surface area contributed by atoms with Gasteiger partial charge in [0.25, 0.3) is 0 Å². The molecule has 0 saturated heterocycles. The summed E-state index contributed by atoms with van der Waals surface area (Å²) in [6, 6.07) is 15.1. The number of nitrogens with zero attached hydrogens (tertiary/aromatic N) is 5. The van der Waals surface area contributed by atoms with Crippen molar-refractivity contribution in [3.8, 4) is 23.0 Å². The lowest BCUT2D eigenvalue weighted by Crippen LogP contribution is -1.99. The van der Waals surface area contributed by atoms with E-state index < -0.39 is 0 Å². The van der Waals surface area contributed by atoms with Crippen molar-refractivity contribution in [1.29, 1.82) is 0 Å². The van der Waals surface area contributed by atoms with Crippen molar-refractivity contribution >= 4 is 34.0 Å². The first kappa shape index (κ1) is 18.4. The standard InChI is InChI=1S/C19H17ClN6OS/c1-3-27-16-9-7-15(8-10-16)26-12(2)17(23-25-26)18-22-19(28-24-18)21-14-6-4-5-13(20)11-14/h4-11H,3H2,1-2H3,(H,21,22,24). The van der Waals surface area contributed by atoms with Crippen molar-refractivity contribution in [2.75, 3.05) is 11.9 Å². The maximum atomic E-state index is 6.02. The molecule has 0 atom stereocenters. The van der Waals surface area contributed by atoms with E-state index in [4.69, 9.17) is 16.3 Å². The summed E-state index contributed by atoms with van der Waals surface area (Å²) in [4.78, 5) is 4.53. The molecule has 7 nitrogen and oxygen atoms in total. The predicted octanol–water partition coefficient (Wildman–Crippen LogP) is 4.89. The van der Waals surface area contributed by atoms with Crippen LogP contribution in [-0.4, -0.2) is 31.0 Å². The van der Waals surface area contributed by atoms with Gasteiger partial charge in [-0.15, -0.1) is 5.10 Å². The van der Waals surface area contributed by atoms with Crippen molar-refractivity contribution < 1.29 is 4.74 Å². The summed E-state index contributed by atoms with van der Waals surface area (Å²) in [6.45, 7) is 4.53. The van der Waals surface area contributed by atoms with Gasteiger partial charge < -0.3 is 10.1 Å². The van der Waals surface area contributed by atoms with Crippen molar-refractivity contribution in [2.24, 2.45) is 0 Å². The number of hydrogen-bond donors (Lipinski definition) is 1. The second-order valence-electron chi connectivity index (χ2n) is 5.92. The van der Waals surface area contributed by atoms with Gasteiger partial charge in [-0.2, -0.15) is 9.36 Å². The molecule has 28 heavy (non-hydrogen) atoms. The van der Waals surface area contributed by atoms with E-state index in [1.807, 2.05) is 62.4 Å². The zero-order valence-corrected chi connectivity index (χ0v) is 16.8. The maximum absolute atomic E-state index is 6.02. The molecule has 0 saturated carbocycles. The molecule has 0 amide bonds. The highest BCUT2D eigenvalue weighted by atomic mass is 35.5. The first-order valence-corrected chi connectivity index (χ1v) is 9.81. The van der Waals surface area contributed by atoms with Crippen LogP contribution >= 0.6 is 23.1 Å². The van der Waals surface area contributed by atoms with E-state index in [1.165, 1.54) is 11.5 Å². The summed E-state index contributed by atoms with van der Waals surface area (Å²) in [5, 5.41) is 13.0. The van der Waals surface area contributed by atoms with Crippen LogP contribution in [0.3, 0.4) is 0 Å². The summed E-state index contributed by atoms with van der Waals surface area (Å²) in [7, 11) is 0. The zero-order valence-electron chi connectivity index (χ0n) is 15.3. The third kappa shape index (κ3) is 3.83. The minimum Gasteiger partial charge on any atom is -0.494 e. The van der Waals surface area contributed by atoms with E-state index in [1.54, 1.807) is 4.68 Å². The summed E-state index contributed by atoms with van der Waals surface area (Å²) in [6.07, 6.45) is 0. The highest BCUT2D eigenvalue weighted by molar-refractivity contribution is 7.09. The largest absolute Gasteiger partial charge is 0.494 e. The van der Waals surface area contributed by atoms with E-state index >= 15 is 0 Å². The molecular formula is C19H17ClN6OS. The lowest BCUT2D eigenvalue weighted by molar-refractivity contribution is 0.340. The molecule has 142 valence electrons. The Hall–Kier alpha value is -2.97. The van der Waals surface area contributed by atoms with Gasteiger partial charge in [0.15, 0.2) is 11.5 Å². The number of benzene rings is 2. The van der Waals surface area contributed by atoms with Gasteiger partial charge in [-0.25, -0.2) is 4.68 Å². The Morgan fingerprint density at radius 1 is 1.18 bits per heavy atom. The minimum absolute atomic E-state index is 0.532. The third-order valence-electron chi connectivity index (χ3n) is 4.00. The second-order valence-corrected chi connectivity index (χ2v) is 7.11. The monoisotopic (exact) mass is 412 g/mol. The van der Waals surface area contributed by atoms with Crippen LogP contribution in [0.4, 0.5) is 10.8 Å². The average Bonchev–Trinajstić information content (AvgIpc) is 3.29.